The van der Waals surface area contributed by atoms with E-state index < -0.39 is 6.10 Å². The molecule has 1 aliphatic rings. The minimum absolute atomic E-state index is 0.0875. The molecule has 1 aliphatic heterocycles. The highest BCUT2D eigenvalue weighted by molar-refractivity contribution is 6.00. The zero-order valence-corrected chi connectivity index (χ0v) is 9.00. The number of rotatable bonds is 2. The Hall–Kier alpha value is -2.13. The second-order valence-electron chi connectivity index (χ2n) is 3.83. The van der Waals surface area contributed by atoms with Crippen LogP contribution in [0.3, 0.4) is 0 Å². The van der Waals surface area contributed by atoms with Crippen molar-refractivity contribution in [2.24, 2.45) is 0 Å². The van der Waals surface area contributed by atoms with Crippen molar-refractivity contribution < 1.29 is 14.6 Å². The van der Waals surface area contributed by atoms with Crippen molar-refractivity contribution >= 4 is 5.78 Å². The molecule has 0 aromatic heterocycles. The SMILES string of the molecule is O=C(c1ccccc1)C1OOc2ccccc21. The minimum Gasteiger partial charge on any atom is -0.336 e. The molecule has 2 aromatic rings. The Balaban J connectivity index is 1.95. The molecule has 1 heterocycles. The number of hydrogen-bond donors (Lipinski definition) is 0. The van der Waals surface area contributed by atoms with Gasteiger partial charge in [0.15, 0.2) is 11.9 Å². The lowest BCUT2D eigenvalue weighted by Crippen LogP contribution is -2.12. The van der Waals surface area contributed by atoms with E-state index in [1.165, 1.54) is 0 Å². The molecule has 2 aromatic carbocycles. The first kappa shape index (κ1) is 10.1. The van der Waals surface area contributed by atoms with Gasteiger partial charge in [0, 0.05) is 11.1 Å². The van der Waals surface area contributed by atoms with Crippen molar-refractivity contribution in [3.05, 3.63) is 65.7 Å². The summed E-state index contributed by atoms with van der Waals surface area (Å²) in [6, 6.07) is 16.4. The van der Waals surface area contributed by atoms with Crippen molar-refractivity contribution in [1.29, 1.82) is 0 Å². The summed E-state index contributed by atoms with van der Waals surface area (Å²) in [5, 5.41) is 0. The second kappa shape index (κ2) is 4.03. The third-order valence-corrected chi connectivity index (χ3v) is 2.73. The molecule has 1 unspecified atom stereocenters. The monoisotopic (exact) mass is 226 g/mol. The standard InChI is InChI=1S/C14H10O3/c15-13(10-6-2-1-3-7-10)14-11-8-4-5-9-12(11)16-17-14/h1-9,14H. The second-order valence-corrected chi connectivity index (χ2v) is 3.83. The average molecular weight is 226 g/mol. The maximum atomic E-state index is 12.2. The van der Waals surface area contributed by atoms with Crippen LogP contribution in [0.2, 0.25) is 0 Å². The molecule has 0 fully saturated rings. The molecule has 84 valence electrons. The first-order chi connectivity index (χ1) is 8.36. The van der Waals surface area contributed by atoms with E-state index in [9.17, 15) is 4.79 Å². The fourth-order valence-corrected chi connectivity index (χ4v) is 1.86. The largest absolute Gasteiger partial charge is 0.336 e. The number of para-hydroxylation sites is 1. The van der Waals surface area contributed by atoms with E-state index in [2.05, 4.69) is 0 Å². The summed E-state index contributed by atoms with van der Waals surface area (Å²) in [5.74, 6) is 0.525. The molecular weight excluding hydrogens is 216 g/mol. The summed E-state index contributed by atoms with van der Waals surface area (Å²) in [6.45, 7) is 0. The molecule has 0 amide bonds. The zero-order chi connectivity index (χ0) is 11.7. The third-order valence-electron chi connectivity index (χ3n) is 2.73. The quantitative estimate of drug-likeness (QED) is 0.583. The minimum atomic E-state index is -0.659. The van der Waals surface area contributed by atoms with Crippen molar-refractivity contribution in [3.63, 3.8) is 0 Å². The van der Waals surface area contributed by atoms with Crippen LogP contribution in [-0.4, -0.2) is 5.78 Å². The lowest BCUT2D eigenvalue weighted by atomic mass is 10.00. The molecule has 1 atom stereocenters. The predicted octanol–water partition coefficient (Wildman–Crippen LogP) is 2.93. The number of Topliss-reactive ketones (excluding diaryl/α,β-unsaturated/α-hetero) is 1. The Morgan fingerprint density at radius 3 is 2.47 bits per heavy atom. The van der Waals surface area contributed by atoms with Crippen LogP contribution in [0.1, 0.15) is 22.0 Å². The number of fused-ring (bicyclic) bond motifs is 1. The molecule has 3 heteroatoms. The van der Waals surface area contributed by atoms with Crippen LogP contribution in [-0.2, 0) is 4.89 Å². The maximum absolute atomic E-state index is 12.2. The number of carbonyl (C=O) groups excluding carboxylic acids is 1. The molecule has 0 saturated heterocycles. The highest BCUT2D eigenvalue weighted by atomic mass is 17.2. The normalized spacial score (nSPS) is 17.3. The van der Waals surface area contributed by atoms with E-state index >= 15 is 0 Å². The van der Waals surface area contributed by atoms with Gasteiger partial charge in [0.1, 0.15) is 0 Å². The van der Waals surface area contributed by atoms with Crippen LogP contribution < -0.4 is 4.89 Å². The summed E-state index contributed by atoms with van der Waals surface area (Å²) in [5.41, 5.74) is 1.40. The van der Waals surface area contributed by atoms with Gasteiger partial charge in [-0.15, -0.1) is 0 Å². The van der Waals surface area contributed by atoms with E-state index in [1.807, 2.05) is 36.4 Å². The van der Waals surface area contributed by atoms with Crippen molar-refractivity contribution in [3.8, 4) is 5.75 Å². The van der Waals surface area contributed by atoms with E-state index in [0.717, 1.165) is 5.56 Å². The van der Waals surface area contributed by atoms with Gasteiger partial charge in [0.2, 0.25) is 5.78 Å². The van der Waals surface area contributed by atoms with Gasteiger partial charge in [0.05, 0.1) is 0 Å². The van der Waals surface area contributed by atoms with Gasteiger partial charge in [-0.1, -0.05) is 48.5 Å². The first-order valence-electron chi connectivity index (χ1n) is 5.38. The summed E-state index contributed by atoms with van der Waals surface area (Å²) < 4.78 is 0. The Bertz CT molecular complexity index is 548. The molecule has 3 rings (SSSR count). The number of ketones is 1. The van der Waals surface area contributed by atoms with Gasteiger partial charge in [-0.05, 0) is 6.07 Å². The Morgan fingerprint density at radius 1 is 0.941 bits per heavy atom. The Morgan fingerprint density at radius 2 is 1.65 bits per heavy atom. The molecule has 0 bridgehead atoms. The van der Waals surface area contributed by atoms with Gasteiger partial charge in [-0.2, -0.15) is 4.89 Å². The smallest absolute Gasteiger partial charge is 0.200 e. The van der Waals surface area contributed by atoms with Crippen molar-refractivity contribution in [2.75, 3.05) is 0 Å². The maximum Gasteiger partial charge on any atom is 0.200 e. The zero-order valence-electron chi connectivity index (χ0n) is 9.00. The number of carbonyl (C=O) groups is 1. The Kier molecular flexibility index (Phi) is 2.38. The molecule has 0 aliphatic carbocycles. The summed E-state index contributed by atoms with van der Waals surface area (Å²) in [6.07, 6.45) is -0.659. The van der Waals surface area contributed by atoms with Crippen LogP contribution in [0.15, 0.2) is 54.6 Å². The lowest BCUT2D eigenvalue weighted by molar-refractivity contribution is -0.209. The van der Waals surface area contributed by atoms with Gasteiger partial charge < -0.3 is 4.89 Å². The van der Waals surface area contributed by atoms with Gasteiger partial charge in [0.25, 0.3) is 0 Å². The van der Waals surface area contributed by atoms with Crippen molar-refractivity contribution in [1.82, 2.24) is 0 Å². The topological polar surface area (TPSA) is 35.5 Å². The van der Waals surface area contributed by atoms with Gasteiger partial charge in [-0.25, -0.2) is 0 Å². The summed E-state index contributed by atoms with van der Waals surface area (Å²) in [4.78, 5) is 22.3. The van der Waals surface area contributed by atoms with Gasteiger partial charge >= 0.3 is 0 Å². The molecule has 0 radical (unpaired) electrons. The van der Waals surface area contributed by atoms with E-state index in [1.54, 1.807) is 18.2 Å². The van der Waals surface area contributed by atoms with Crippen LogP contribution >= 0.6 is 0 Å². The number of hydrogen-bond acceptors (Lipinski definition) is 3. The van der Waals surface area contributed by atoms with Crippen LogP contribution in [0, 0.1) is 0 Å². The highest BCUT2D eigenvalue weighted by Gasteiger charge is 2.32. The number of benzene rings is 2. The van der Waals surface area contributed by atoms with Crippen LogP contribution in [0.5, 0.6) is 5.75 Å². The van der Waals surface area contributed by atoms with E-state index in [-0.39, 0.29) is 5.78 Å². The molecule has 3 nitrogen and oxygen atoms in total. The van der Waals surface area contributed by atoms with Crippen LogP contribution in [0.4, 0.5) is 0 Å². The van der Waals surface area contributed by atoms with E-state index in [0.29, 0.717) is 11.3 Å². The van der Waals surface area contributed by atoms with Gasteiger partial charge in [-0.3, -0.25) is 4.79 Å². The summed E-state index contributed by atoms with van der Waals surface area (Å²) >= 11 is 0. The fourth-order valence-electron chi connectivity index (χ4n) is 1.86. The molecule has 17 heavy (non-hydrogen) atoms. The highest BCUT2D eigenvalue weighted by Crippen LogP contribution is 2.36. The Labute approximate surface area is 98.5 Å². The van der Waals surface area contributed by atoms with E-state index in [4.69, 9.17) is 9.78 Å². The third kappa shape index (κ3) is 1.70. The first-order valence-corrected chi connectivity index (χ1v) is 5.38. The lowest BCUT2D eigenvalue weighted by Gasteiger charge is -2.06. The fraction of sp³-hybridized carbons (Fsp3) is 0.0714. The molecule has 0 saturated carbocycles. The predicted molar refractivity (Wildman–Crippen MR) is 61.7 cm³/mol. The molecular formula is C14H10O3. The summed E-state index contributed by atoms with van der Waals surface area (Å²) in [7, 11) is 0. The van der Waals surface area contributed by atoms with Crippen molar-refractivity contribution in [2.45, 2.75) is 6.10 Å². The van der Waals surface area contributed by atoms with Crippen LogP contribution in [0.25, 0.3) is 0 Å². The molecule has 0 spiro atoms. The molecule has 0 N–H and O–H groups in total. The average Bonchev–Trinajstić information content (AvgIpc) is 2.83.